The van der Waals surface area contributed by atoms with Crippen LogP contribution in [0, 0.1) is 11.3 Å². The Kier molecular flexibility index (Phi) is 5.79. The van der Waals surface area contributed by atoms with Gasteiger partial charge in [0, 0.05) is 23.6 Å². The summed E-state index contributed by atoms with van der Waals surface area (Å²) in [5.41, 5.74) is 1.59. The Labute approximate surface area is 189 Å². The maximum Gasteiger partial charge on any atom is 0.300 e. The number of benzene rings is 2. The maximum atomic E-state index is 13.2. The Balaban J connectivity index is 1.92. The fraction of sp³-hybridized carbons (Fsp3) is 0.120. The minimum atomic E-state index is -0.917. The first-order valence-electron chi connectivity index (χ1n) is 9.93. The summed E-state index contributed by atoms with van der Waals surface area (Å²) in [4.78, 5) is 31.7. The molecule has 1 unspecified atom stereocenters. The van der Waals surface area contributed by atoms with E-state index in [0.717, 1.165) is 0 Å². The highest BCUT2D eigenvalue weighted by Crippen LogP contribution is 2.42. The second-order valence-electron chi connectivity index (χ2n) is 7.18. The van der Waals surface area contributed by atoms with Crippen molar-refractivity contribution in [2.45, 2.75) is 6.04 Å². The molecule has 1 fully saturated rings. The number of nitriles is 1. The quantitative estimate of drug-likeness (QED) is 0.366. The van der Waals surface area contributed by atoms with E-state index in [0.29, 0.717) is 33.9 Å². The minimum absolute atomic E-state index is 0.0791. The Hall–Kier alpha value is -4.64. The highest BCUT2D eigenvalue weighted by Gasteiger charge is 2.47. The van der Waals surface area contributed by atoms with Gasteiger partial charge in [-0.25, -0.2) is 0 Å². The van der Waals surface area contributed by atoms with Crippen molar-refractivity contribution in [3.63, 3.8) is 0 Å². The largest absolute Gasteiger partial charge is 0.507 e. The molecule has 0 spiro atoms. The lowest BCUT2D eigenvalue weighted by Crippen LogP contribution is -2.29. The van der Waals surface area contributed by atoms with Crippen molar-refractivity contribution < 1.29 is 24.2 Å². The molecule has 0 aliphatic carbocycles. The minimum Gasteiger partial charge on any atom is -0.507 e. The molecule has 1 aromatic heterocycles. The van der Waals surface area contributed by atoms with Crippen LogP contribution < -0.4 is 14.4 Å². The number of methoxy groups -OCH3 is 2. The van der Waals surface area contributed by atoms with Gasteiger partial charge < -0.3 is 14.6 Å². The topological polar surface area (TPSA) is 113 Å². The molecule has 1 saturated heterocycles. The number of anilines is 1. The fourth-order valence-corrected chi connectivity index (χ4v) is 3.79. The molecule has 1 aliphatic heterocycles. The van der Waals surface area contributed by atoms with Crippen LogP contribution in [0.4, 0.5) is 5.69 Å². The van der Waals surface area contributed by atoms with Gasteiger partial charge in [-0.1, -0.05) is 6.07 Å². The van der Waals surface area contributed by atoms with Crippen LogP contribution in [0.2, 0.25) is 0 Å². The third-order valence-electron chi connectivity index (χ3n) is 5.38. The van der Waals surface area contributed by atoms with Crippen LogP contribution in [0.1, 0.15) is 22.7 Å². The van der Waals surface area contributed by atoms with E-state index in [1.54, 1.807) is 54.7 Å². The number of rotatable bonds is 5. The molecule has 8 heteroatoms. The summed E-state index contributed by atoms with van der Waals surface area (Å²) in [6.45, 7) is 0. The number of carbonyl (C=O) groups is 2. The first-order valence-corrected chi connectivity index (χ1v) is 9.93. The van der Waals surface area contributed by atoms with Crippen LogP contribution in [0.5, 0.6) is 11.5 Å². The number of ether oxygens (including phenoxy) is 2. The van der Waals surface area contributed by atoms with Crippen LogP contribution in [-0.4, -0.2) is 36.0 Å². The van der Waals surface area contributed by atoms with Gasteiger partial charge in [-0.05, 0) is 54.1 Å². The summed E-state index contributed by atoms with van der Waals surface area (Å²) in [6, 6.07) is 15.5. The molecule has 33 heavy (non-hydrogen) atoms. The molecule has 1 atom stereocenters. The van der Waals surface area contributed by atoms with Gasteiger partial charge in [0.15, 0.2) is 11.5 Å². The van der Waals surface area contributed by atoms with Gasteiger partial charge in [-0.2, -0.15) is 5.26 Å². The van der Waals surface area contributed by atoms with Gasteiger partial charge in [0.25, 0.3) is 11.7 Å². The number of nitrogens with zero attached hydrogens (tertiary/aromatic N) is 3. The summed E-state index contributed by atoms with van der Waals surface area (Å²) in [6.07, 6.45) is 3.11. The Morgan fingerprint density at radius 2 is 1.79 bits per heavy atom. The fourth-order valence-electron chi connectivity index (χ4n) is 3.79. The number of aromatic nitrogens is 1. The molecule has 0 saturated carbocycles. The molecular weight excluding hydrogens is 422 g/mol. The molecule has 164 valence electrons. The Morgan fingerprint density at radius 1 is 1.06 bits per heavy atom. The normalized spacial score (nSPS) is 17.0. The van der Waals surface area contributed by atoms with Crippen molar-refractivity contribution in [3.05, 3.63) is 89.3 Å². The van der Waals surface area contributed by atoms with Crippen molar-refractivity contribution in [2.24, 2.45) is 0 Å². The summed E-state index contributed by atoms with van der Waals surface area (Å²) < 4.78 is 10.5. The SMILES string of the molecule is COc1ccc(/C(O)=C2/C(=O)C(=O)N(c3ccc(C#N)cc3)C2c2cccnc2)cc1OC. The second-order valence-corrected chi connectivity index (χ2v) is 7.18. The standard InChI is InChI=1S/C25H19N3O5/c1-32-19-10-7-16(12-20(19)33-2)23(29)21-22(17-4-3-11-27-14-17)28(25(31)24(21)30)18-8-5-15(13-26)6-9-18/h3-12,14,22,29H,1-2H3/b23-21-. The van der Waals surface area contributed by atoms with Gasteiger partial charge in [0.2, 0.25) is 0 Å². The van der Waals surface area contributed by atoms with E-state index < -0.39 is 17.7 Å². The number of hydrogen-bond donors (Lipinski definition) is 1. The van der Waals surface area contributed by atoms with E-state index in [-0.39, 0.29) is 11.3 Å². The lowest BCUT2D eigenvalue weighted by Gasteiger charge is -2.25. The molecular formula is C25H19N3O5. The Morgan fingerprint density at radius 3 is 2.39 bits per heavy atom. The Bertz CT molecular complexity index is 1290. The van der Waals surface area contributed by atoms with Crippen LogP contribution in [0.3, 0.4) is 0 Å². The van der Waals surface area contributed by atoms with Crippen molar-refractivity contribution in [1.82, 2.24) is 4.98 Å². The van der Waals surface area contributed by atoms with Crippen molar-refractivity contribution >= 4 is 23.1 Å². The number of pyridine rings is 1. The molecule has 2 aromatic carbocycles. The lowest BCUT2D eigenvalue weighted by atomic mass is 9.96. The number of ketones is 1. The highest BCUT2D eigenvalue weighted by atomic mass is 16.5. The zero-order valence-electron chi connectivity index (χ0n) is 17.9. The van der Waals surface area contributed by atoms with Crippen molar-refractivity contribution in [1.29, 1.82) is 5.26 Å². The van der Waals surface area contributed by atoms with Gasteiger partial charge in [-0.3, -0.25) is 19.5 Å². The molecule has 1 amide bonds. The van der Waals surface area contributed by atoms with E-state index in [9.17, 15) is 14.7 Å². The average molecular weight is 441 g/mol. The van der Waals surface area contributed by atoms with Gasteiger partial charge in [0.05, 0.1) is 37.5 Å². The number of aliphatic hydroxyl groups excluding tert-OH is 1. The summed E-state index contributed by atoms with van der Waals surface area (Å²) in [5, 5.41) is 20.3. The zero-order chi connectivity index (χ0) is 23.5. The monoisotopic (exact) mass is 441 g/mol. The number of hydrogen-bond acceptors (Lipinski definition) is 7. The first kappa shape index (κ1) is 21.6. The van der Waals surface area contributed by atoms with Crippen LogP contribution in [0.15, 0.2) is 72.6 Å². The van der Waals surface area contributed by atoms with Crippen molar-refractivity contribution in [2.75, 3.05) is 19.1 Å². The first-order chi connectivity index (χ1) is 16.0. The molecule has 0 radical (unpaired) electrons. The number of aliphatic hydroxyl groups is 1. The molecule has 1 N–H and O–H groups in total. The summed E-state index contributed by atoms with van der Waals surface area (Å²) in [5.74, 6) is -1.16. The number of amides is 1. The van der Waals surface area contributed by atoms with Gasteiger partial charge >= 0.3 is 0 Å². The second kappa shape index (κ2) is 8.85. The van der Waals surface area contributed by atoms with E-state index >= 15 is 0 Å². The molecule has 3 aromatic rings. The van der Waals surface area contributed by atoms with Crippen LogP contribution in [0.25, 0.3) is 5.76 Å². The third kappa shape index (κ3) is 3.77. The van der Waals surface area contributed by atoms with E-state index in [1.165, 1.54) is 31.4 Å². The van der Waals surface area contributed by atoms with Gasteiger partial charge in [0.1, 0.15) is 5.76 Å². The molecule has 4 rings (SSSR count). The van der Waals surface area contributed by atoms with Crippen LogP contribution in [-0.2, 0) is 9.59 Å². The highest BCUT2D eigenvalue weighted by molar-refractivity contribution is 6.51. The number of Topliss-reactive ketones (excluding diaryl/α,β-unsaturated/α-hetero) is 1. The smallest absolute Gasteiger partial charge is 0.300 e. The van der Waals surface area contributed by atoms with E-state index in [2.05, 4.69) is 4.98 Å². The maximum absolute atomic E-state index is 13.2. The van der Waals surface area contributed by atoms with E-state index in [4.69, 9.17) is 14.7 Å². The third-order valence-corrected chi connectivity index (χ3v) is 5.38. The average Bonchev–Trinajstić information content (AvgIpc) is 3.14. The van der Waals surface area contributed by atoms with Crippen LogP contribution >= 0.6 is 0 Å². The summed E-state index contributed by atoms with van der Waals surface area (Å²) in [7, 11) is 2.95. The zero-order valence-corrected chi connectivity index (χ0v) is 17.9. The lowest BCUT2D eigenvalue weighted by molar-refractivity contribution is -0.132. The molecule has 8 nitrogen and oxygen atoms in total. The molecule has 0 bridgehead atoms. The molecule has 2 heterocycles. The predicted molar refractivity (Wildman–Crippen MR) is 120 cm³/mol. The van der Waals surface area contributed by atoms with Crippen molar-refractivity contribution in [3.8, 4) is 17.6 Å². The molecule has 1 aliphatic rings. The summed E-state index contributed by atoms with van der Waals surface area (Å²) >= 11 is 0. The van der Waals surface area contributed by atoms with Gasteiger partial charge in [-0.15, -0.1) is 0 Å². The number of carbonyl (C=O) groups excluding carboxylic acids is 2. The predicted octanol–water partition coefficient (Wildman–Crippen LogP) is 3.60. The van der Waals surface area contributed by atoms with E-state index in [1.807, 2.05) is 6.07 Å².